The number of fused-ring (bicyclic) bond motifs is 1. The summed E-state index contributed by atoms with van der Waals surface area (Å²) in [5.74, 6) is 1.25. The molecule has 8 nitrogen and oxygen atoms in total. The largest absolute Gasteiger partial charge is 0.351 e. The molecule has 3 aromatic rings. The number of thioether (sulfide) groups is 1. The van der Waals surface area contributed by atoms with Crippen LogP contribution in [-0.2, 0) is 0 Å². The average Bonchev–Trinajstić information content (AvgIpc) is 3.07. The SMILES string of the molecule is Cc1nc(SCCNC(=O)c2ccc3[nH]c(=O)[nH]c3c2)n[nH]1. The predicted molar refractivity (Wildman–Crippen MR) is 83.1 cm³/mol. The van der Waals surface area contributed by atoms with Gasteiger partial charge in [-0.25, -0.2) is 9.78 Å². The Balaban J connectivity index is 1.55. The fourth-order valence-electron chi connectivity index (χ4n) is 1.97. The Morgan fingerprint density at radius 2 is 2.14 bits per heavy atom. The number of rotatable bonds is 5. The highest BCUT2D eigenvalue weighted by molar-refractivity contribution is 7.99. The van der Waals surface area contributed by atoms with Crippen molar-refractivity contribution in [3.8, 4) is 0 Å². The molecule has 3 rings (SSSR count). The summed E-state index contributed by atoms with van der Waals surface area (Å²) >= 11 is 1.46. The molecular weight excluding hydrogens is 304 g/mol. The van der Waals surface area contributed by atoms with Crippen LogP contribution in [0.2, 0.25) is 0 Å². The Morgan fingerprint density at radius 1 is 1.32 bits per heavy atom. The lowest BCUT2D eigenvalue weighted by Crippen LogP contribution is -2.25. The monoisotopic (exact) mass is 318 g/mol. The number of nitrogens with one attached hydrogen (secondary N) is 4. The first-order valence-electron chi connectivity index (χ1n) is 6.64. The van der Waals surface area contributed by atoms with E-state index >= 15 is 0 Å². The molecule has 0 saturated heterocycles. The number of aryl methyl sites for hydroxylation is 1. The molecule has 0 aliphatic heterocycles. The normalized spacial score (nSPS) is 11.0. The zero-order chi connectivity index (χ0) is 15.5. The first-order valence-corrected chi connectivity index (χ1v) is 7.62. The molecule has 0 spiro atoms. The Hall–Kier alpha value is -2.55. The zero-order valence-electron chi connectivity index (χ0n) is 11.8. The second kappa shape index (κ2) is 6.06. The average molecular weight is 318 g/mol. The molecule has 0 saturated carbocycles. The van der Waals surface area contributed by atoms with E-state index in [1.807, 2.05) is 6.92 Å². The Morgan fingerprint density at radius 3 is 2.91 bits per heavy atom. The van der Waals surface area contributed by atoms with Crippen LogP contribution in [0, 0.1) is 6.92 Å². The second-order valence-electron chi connectivity index (χ2n) is 4.65. The van der Waals surface area contributed by atoms with Gasteiger partial charge in [0, 0.05) is 17.9 Å². The number of hydrogen-bond acceptors (Lipinski definition) is 5. The van der Waals surface area contributed by atoms with Crippen molar-refractivity contribution in [2.45, 2.75) is 12.1 Å². The van der Waals surface area contributed by atoms with Gasteiger partial charge in [0.05, 0.1) is 11.0 Å². The van der Waals surface area contributed by atoms with E-state index in [-0.39, 0.29) is 11.6 Å². The molecule has 1 amide bonds. The molecule has 0 aliphatic carbocycles. The molecule has 0 radical (unpaired) electrons. The topological polar surface area (TPSA) is 119 Å². The summed E-state index contributed by atoms with van der Waals surface area (Å²) in [6, 6.07) is 5.02. The molecular formula is C13H14N6O2S. The standard InChI is InChI=1S/C13H14N6O2S/c1-7-15-13(19-18-7)22-5-4-14-11(20)8-2-3-9-10(6-8)17-12(21)16-9/h2-3,6H,4-5H2,1H3,(H,14,20)(H,15,18,19)(H2,16,17,21). The minimum atomic E-state index is -0.286. The number of hydrogen-bond donors (Lipinski definition) is 4. The van der Waals surface area contributed by atoms with Crippen LogP contribution in [0.3, 0.4) is 0 Å². The molecule has 0 bridgehead atoms. The van der Waals surface area contributed by atoms with Crippen LogP contribution in [0.25, 0.3) is 11.0 Å². The van der Waals surface area contributed by atoms with Gasteiger partial charge < -0.3 is 15.3 Å². The van der Waals surface area contributed by atoms with E-state index in [1.54, 1.807) is 18.2 Å². The van der Waals surface area contributed by atoms with Crippen LogP contribution in [0.4, 0.5) is 0 Å². The minimum Gasteiger partial charge on any atom is -0.351 e. The number of carbonyl (C=O) groups is 1. The quantitative estimate of drug-likeness (QED) is 0.410. The van der Waals surface area contributed by atoms with Crippen molar-refractivity contribution in [1.82, 2.24) is 30.5 Å². The third kappa shape index (κ3) is 3.19. The van der Waals surface area contributed by atoms with Gasteiger partial charge in [-0.3, -0.25) is 9.89 Å². The van der Waals surface area contributed by atoms with E-state index in [9.17, 15) is 9.59 Å². The van der Waals surface area contributed by atoms with Gasteiger partial charge in [0.2, 0.25) is 5.16 Å². The van der Waals surface area contributed by atoms with Crippen molar-refractivity contribution in [3.63, 3.8) is 0 Å². The third-order valence-electron chi connectivity index (χ3n) is 2.97. The van der Waals surface area contributed by atoms with Crippen LogP contribution in [0.1, 0.15) is 16.2 Å². The molecule has 2 aromatic heterocycles. The van der Waals surface area contributed by atoms with E-state index in [2.05, 4.69) is 30.5 Å². The number of benzene rings is 1. The summed E-state index contributed by atoms with van der Waals surface area (Å²) in [6.07, 6.45) is 0. The molecule has 1 aromatic carbocycles. The van der Waals surface area contributed by atoms with Gasteiger partial charge in [-0.15, -0.1) is 5.10 Å². The lowest BCUT2D eigenvalue weighted by molar-refractivity contribution is 0.0956. The van der Waals surface area contributed by atoms with Crippen LogP contribution < -0.4 is 11.0 Å². The molecule has 9 heteroatoms. The van der Waals surface area contributed by atoms with Crippen molar-refractivity contribution in [3.05, 3.63) is 40.1 Å². The number of imidazole rings is 1. The smallest absolute Gasteiger partial charge is 0.323 e. The molecule has 114 valence electrons. The maximum absolute atomic E-state index is 12.1. The molecule has 0 atom stereocenters. The molecule has 4 N–H and O–H groups in total. The summed E-state index contributed by atoms with van der Waals surface area (Å²) in [6.45, 7) is 2.33. The van der Waals surface area contributed by atoms with E-state index in [0.717, 1.165) is 5.82 Å². The van der Waals surface area contributed by atoms with E-state index in [4.69, 9.17) is 0 Å². The molecule has 2 heterocycles. The van der Waals surface area contributed by atoms with Crippen molar-refractivity contribution in [2.75, 3.05) is 12.3 Å². The Labute approximate surface area is 129 Å². The number of H-pyrrole nitrogens is 3. The zero-order valence-corrected chi connectivity index (χ0v) is 12.6. The summed E-state index contributed by atoms with van der Waals surface area (Å²) in [4.78, 5) is 32.7. The highest BCUT2D eigenvalue weighted by atomic mass is 32.2. The van der Waals surface area contributed by atoms with E-state index < -0.39 is 0 Å². The van der Waals surface area contributed by atoms with Gasteiger partial charge >= 0.3 is 5.69 Å². The maximum atomic E-state index is 12.1. The van der Waals surface area contributed by atoms with Crippen molar-refractivity contribution < 1.29 is 4.79 Å². The molecule has 0 aliphatic rings. The lowest BCUT2D eigenvalue weighted by Gasteiger charge is -2.04. The first kappa shape index (κ1) is 14.4. The predicted octanol–water partition coefficient (Wildman–Crippen LogP) is 0.805. The molecule has 0 fully saturated rings. The third-order valence-corrected chi connectivity index (χ3v) is 3.82. The van der Waals surface area contributed by atoms with Gasteiger partial charge in [-0.05, 0) is 25.1 Å². The van der Waals surface area contributed by atoms with Gasteiger partial charge in [0.15, 0.2) is 0 Å². The summed E-state index contributed by atoms with van der Waals surface area (Å²) in [5, 5.41) is 10.3. The van der Waals surface area contributed by atoms with E-state index in [0.29, 0.717) is 34.1 Å². The van der Waals surface area contributed by atoms with Crippen molar-refractivity contribution in [2.24, 2.45) is 0 Å². The highest BCUT2D eigenvalue weighted by Crippen LogP contribution is 2.12. The van der Waals surface area contributed by atoms with Gasteiger partial charge in [0.25, 0.3) is 5.91 Å². The van der Waals surface area contributed by atoms with Crippen LogP contribution >= 0.6 is 11.8 Å². The lowest BCUT2D eigenvalue weighted by atomic mass is 10.2. The summed E-state index contributed by atoms with van der Waals surface area (Å²) in [5.41, 5.74) is 1.51. The first-order chi connectivity index (χ1) is 10.6. The number of amides is 1. The molecule has 22 heavy (non-hydrogen) atoms. The minimum absolute atomic E-state index is 0.185. The number of nitrogens with zero attached hydrogens (tertiary/aromatic N) is 2. The number of aromatic amines is 3. The van der Waals surface area contributed by atoms with Crippen LogP contribution in [0.15, 0.2) is 28.2 Å². The second-order valence-corrected chi connectivity index (χ2v) is 5.71. The van der Waals surface area contributed by atoms with Gasteiger partial charge in [0.1, 0.15) is 5.82 Å². The van der Waals surface area contributed by atoms with Gasteiger partial charge in [-0.1, -0.05) is 11.8 Å². The van der Waals surface area contributed by atoms with Gasteiger partial charge in [-0.2, -0.15) is 0 Å². The van der Waals surface area contributed by atoms with Crippen LogP contribution in [0.5, 0.6) is 0 Å². The van der Waals surface area contributed by atoms with Crippen molar-refractivity contribution >= 4 is 28.7 Å². The maximum Gasteiger partial charge on any atom is 0.323 e. The van der Waals surface area contributed by atoms with Crippen molar-refractivity contribution in [1.29, 1.82) is 0 Å². The van der Waals surface area contributed by atoms with Crippen LogP contribution in [-0.4, -0.2) is 43.4 Å². The summed E-state index contributed by atoms with van der Waals surface area (Å²) in [7, 11) is 0. The fraction of sp³-hybridized carbons (Fsp3) is 0.231. The Kier molecular flexibility index (Phi) is 3.96. The van der Waals surface area contributed by atoms with E-state index in [1.165, 1.54) is 11.8 Å². The highest BCUT2D eigenvalue weighted by Gasteiger charge is 2.08. The fourth-order valence-corrected chi connectivity index (χ4v) is 2.67. The Bertz CT molecular complexity index is 865. The molecule has 0 unspecified atom stereocenters. The summed E-state index contributed by atoms with van der Waals surface area (Å²) < 4.78 is 0. The number of aromatic nitrogens is 5. The number of carbonyl (C=O) groups excluding carboxylic acids is 1.